The summed E-state index contributed by atoms with van der Waals surface area (Å²) in [4.78, 5) is 55.4. The molecule has 1 atom stereocenters. The van der Waals surface area contributed by atoms with E-state index >= 15 is 0 Å². The van der Waals surface area contributed by atoms with Gasteiger partial charge in [0.25, 0.3) is 11.5 Å². The fourth-order valence-electron chi connectivity index (χ4n) is 3.62. The van der Waals surface area contributed by atoms with Gasteiger partial charge >= 0.3 is 11.9 Å². The Morgan fingerprint density at radius 2 is 1.83 bits per heavy atom. The van der Waals surface area contributed by atoms with Gasteiger partial charge in [0.15, 0.2) is 0 Å². The predicted molar refractivity (Wildman–Crippen MR) is 129 cm³/mol. The molecule has 4 N–H and O–H groups in total. The molecule has 1 aromatic carbocycles. The number of H-pyrrole nitrogens is 1. The number of aromatic amines is 1. The van der Waals surface area contributed by atoms with Crippen molar-refractivity contribution >= 4 is 34.8 Å². The van der Waals surface area contributed by atoms with Gasteiger partial charge in [-0.2, -0.15) is 0 Å². The quantitative estimate of drug-likeness (QED) is 0.347. The monoisotopic (exact) mass is 483 g/mol. The van der Waals surface area contributed by atoms with Crippen molar-refractivity contribution in [2.75, 3.05) is 18.9 Å². The maximum atomic E-state index is 12.7. The molecule has 2 heterocycles. The van der Waals surface area contributed by atoms with E-state index in [0.717, 1.165) is 5.56 Å². The number of carbonyl (C=O) groups excluding carboxylic acids is 3. The van der Waals surface area contributed by atoms with E-state index < -0.39 is 23.9 Å². The number of anilines is 1. The van der Waals surface area contributed by atoms with E-state index in [4.69, 9.17) is 15.2 Å². The number of amides is 1. The molecule has 3 rings (SSSR count). The maximum absolute atomic E-state index is 12.7. The van der Waals surface area contributed by atoms with E-state index in [1.54, 1.807) is 54.9 Å². The first kappa shape index (κ1) is 25.5. The lowest BCUT2D eigenvalue weighted by molar-refractivity contribution is -0.146. The normalized spacial score (nSPS) is 11.7. The number of hydrogen-bond donors (Lipinski definition) is 3. The number of ether oxygens (including phenoxy) is 2. The minimum atomic E-state index is -0.964. The summed E-state index contributed by atoms with van der Waals surface area (Å²) in [5, 5.41) is 2.64. The average molecular weight is 484 g/mol. The smallest absolute Gasteiger partial charge is 0.328 e. The number of benzene rings is 1. The van der Waals surface area contributed by atoms with Crippen LogP contribution in [0.1, 0.15) is 42.6 Å². The van der Waals surface area contributed by atoms with Gasteiger partial charge in [-0.25, -0.2) is 9.78 Å². The zero-order chi connectivity index (χ0) is 25.4. The van der Waals surface area contributed by atoms with Gasteiger partial charge in [0.05, 0.1) is 18.7 Å². The molecule has 0 spiro atoms. The van der Waals surface area contributed by atoms with Crippen LogP contribution in [0.4, 0.5) is 5.95 Å². The number of nitrogen functional groups attached to an aromatic ring is 1. The largest absolute Gasteiger partial charge is 0.466 e. The van der Waals surface area contributed by atoms with Crippen molar-refractivity contribution in [2.24, 2.45) is 0 Å². The highest BCUT2D eigenvalue weighted by Crippen LogP contribution is 2.13. The first-order chi connectivity index (χ1) is 16.8. The molecule has 3 aromatic rings. The van der Waals surface area contributed by atoms with Crippen LogP contribution in [-0.4, -0.2) is 51.6 Å². The Balaban J connectivity index is 1.62. The minimum Gasteiger partial charge on any atom is -0.466 e. The third-order valence-electron chi connectivity index (χ3n) is 5.32. The Kier molecular flexibility index (Phi) is 8.60. The summed E-state index contributed by atoms with van der Waals surface area (Å²) in [6.07, 6.45) is 2.45. The van der Waals surface area contributed by atoms with Gasteiger partial charge in [0.2, 0.25) is 5.95 Å². The van der Waals surface area contributed by atoms with Gasteiger partial charge in [-0.05, 0) is 50.5 Å². The molecule has 0 aliphatic heterocycles. The number of nitrogens with two attached hydrogens (primary N) is 1. The number of rotatable bonds is 11. The van der Waals surface area contributed by atoms with Crippen molar-refractivity contribution in [3.63, 3.8) is 0 Å². The number of nitrogens with zero attached hydrogens (tertiary/aromatic N) is 2. The van der Waals surface area contributed by atoms with Gasteiger partial charge in [-0.3, -0.25) is 19.4 Å². The molecule has 35 heavy (non-hydrogen) atoms. The van der Waals surface area contributed by atoms with Crippen molar-refractivity contribution in [2.45, 2.75) is 45.7 Å². The molecule has 0 fully saturated rings. The molecule has 186 valence electrons. The highest BCUT2D eigenvalue weighted by molar-refractivity contribution is 5.96. The Bertz CT molecular complexity index is 1250. The second-order valence-corrected chi connectivity index (χ2v) is 7.76. The van der Waals surface area contributed by atoms with Crippen LogP contribution in [0.2, 0.25) is 0 Å². The summed E-state index contributed by atoms with van der Waals surface area (Å²) in [7, 11) is 0. The minimum absolute atomic E-state index is 0.0183. The molecule has 0 radical (unpaired) electrons. The second-order valence-electron chi connectivity index (χ2n) is 7.76. The van der Waals surface area contributed by atoms with Crippen molar-refractivity contribution in [1.29, 1.82) is 0 Å². The molecule has 11 nitrogen and oxygen atoms in total. The lowest BCUT2D eigenvalue weighted by Crippen LogP contribution is -2.42. The molecule has 2 aromatic heterocycles. The maximum Gasteiger partial charge on any atom is 0.328 e. The summed E-state index contributed by atoms with van der Waals surface area (Å²) < 4.78 is 11.7. The molecule has 11 heteroatoms. The van der Waals surface area contributed by atoms with Crippen molar-refractivity contribution in [3.05, 3.63) is 58.0 Å². The van der Waals surface area contributed by atoms with E-state index in [0.29, 0.717) is 29.6 Å². The number of esters is 2. The van der Waals surface area contributed by atoms with Gasteiger partial charge < -0.3 is 25.1 Å². The van der Waals surface area contributed by atoms with Gasteiger partial charge in [-0.1, -0.05) is 12.1 Å². The zero-order valence-corrected chi connectivity index (χ0v) is 19.7. The number of aryl methyl sites for hydroxylation is 2. The van der Waals surface area contributed by atoms with Gasteiger partial charge in [0.1, 0.15) is 11.6 Å². The summed E-state index contributed by atoms with van der Waals surface area (Å²) >= 11 is 0. The lowest BCUT2D eigenvalue weighted by Gasteiger charge is -2.17. The SMILES string of the molecule is CCOC(=O)CC[C@H](NC(=O)c1ccc(CCn2ccc3nc(N)[nH]c(=O)c32)cc1)C(=O)OCC. The van der Waals surface area contributed by atoms with E-state index in [-0.39, 0.29) is 37.6 Å². The summed E-state index contributed by atoms with van der Waals surface area (Å²) in [6, 6.07) is 7.69. The number of carbonyl (C=O) groups is 3. The van der Waals surface area contributed by atoms with Crippen molar-refractivity contribution < 1.29 is 23.9 Å². The van der Waals surface area contributed by atoms with Crippen LogP contribution in [0.5, 0.6) is 0 Å². The van der Waals surface area contributed by atoms with Crippen LogP contribution < -0.4 is 16.6 Å². The Labute approximate surface area is 201 Å². The fraction of sp³-hybridized carbons (Fsp3) is 0.375. The first-order valence-electron chi connectivity index (χ1n) is 11.4. The lowest BCUT2D eigenvalue weighted by atomic mass is 10.1. The fourth-order valence-corrected chi connectivity index (χ4v) is 3.62. The molecule has 1 amide bonds. The summed E-state index contributed by atoms with van der Waals surface area (Å²) in [6.45, 7) is 4.29. The second kappa shape index (κ2) is 11.8. The Hall–Kier alpha value is -4.15. The summed E-state index contributed by atoms with van der Waals surface area (Å²) in [5.74, 6) is -1.44. The van der Waals surface area contributed by atoms with E-state index in [1.165, 1.54) is 0 Å². The first-order valence-corrected chi connectivity index (χ1v) is 11.4. The van der Waals surface area contributed by atoms with Crippen LogP contribution in [0.25, 0.3) is 11.0 Å². The van der Waals surface area contributed by atoms with Crippen LogP contribution in [0.3, 0.4) is 0 Å². The molecule has 0 aliphatic carbocycles. The number of aromatic nitrogens is 3. The Morgan fingerprint density at radius 1 is 1.11 bits per heavy atom. The molecule has 0 saturated heterocycles. The third kappa shape index (κ3) is 6.69. The van der Waals surface area contributed by atoms with Crippen LogP contribution in [0.15, 0.2) is 41.3 Å². The number of hydrogen-bond acceptors (Lipinski definition) is 8. The van der Waals surface area contributed by atoms with Gasteiger partial charge in [0, 0.05) is 24.7 Å². The van der Waals surface area contributed by atoms with E-state index in [1.807, 2.05) is 0 Å². The van der Waals surface area contributed by atoms with Crippen LogP contribution in [0, 0.1) is 0 Å². The summed E-state index contributed by atoms with van der Waals surface area (Å²) in [5.41, 5.74) is 7.57. The van der Waals surface area contributed by atoms with Crippen LogP contribution >= 0.6 is 0 Å². The van der Waals surface area contributed by atoms with Crippen LogP contribution in [-0.2, 0) is 32.0 Å². The Morgan fingerprint density at radius 3 is 2.51 bits per heavy atom. The van der Waals surface area contributed by atoms with E-state index in [2.05, 4.69) is 15.3 Å². The molecule has 0 unspecified atom stereocenters. The molecular formula is C24H29N5O6. The van der Waals surface area contributed by atoms with Gasteiger partial charge in [-0.15, -0.1) is 0 Å². The zero-order valence-electron chi connectivity index (χ0n) is 19.7. The molecular weight excluding hydrogens is 454 g/mol. The molecule has 0 aliphatic rings. The van der Waals surface area contributed by atoms with E-state index in [9.17, 15) is 19.2 Å². The third-order valence-corrected chi connectivity index (χ3v) is 5.32. The highest BCUT2D eigenvalue weighted by atomic mass is 16.5. The van der Waals surface area contributed by atoms with Crippen molar-refractivity contribution in [1.82, 2.24) is 19.9 Å². The highest BCUT2D eigenvalue weighted by Gasteiger charge is 2.24. The van der Waals surface area contributed by atoms with Crippen molar-refractivity contribution in [3.8, 4) is 0 Å². The topological polar surface area (TPSA) is 158 Å². The number of fused-ring (bicyclic) bond motifs is 1. The standard InChI is InChI=1S/C24H29N5O6/c1-3-34-19(30)10-9-18(23(33)35-4-2)26-21(31)16-7-5-15(6-8-16)11-13-29-14-12-17-20(29)22(32)28-24(25)27-17/h5-8,12,14,18H,3-4,9-11,13H2,1-2H3,(H,26,31)(H3,25,27,28,32)/t18-/m0/s1. The molecule has 0 saturated carbocycles. The molecule has 0 bridgehead atoms. The predicted octanol–water partition coefficient (Wildman–Crippen LogP) is 1.55. The average Bonchev–Trinajstić information content (AvgIpc) is 3.24. The number of nitrogens with one attached hydrogen (secondary N) is 2.